The van der Waals surface area contributed by atoms with Gasteiger partial charge in [0.25, 0.3) is 5.91 Å². The Morgan fingerprint density at radius 2 is 2.05 bits per heavy atom. The fourth-order valence-corrected chi connectivity index (χ4v) is 1.60. The Morgan fingerprint density at radius 3 is 2.58 bits per heavy atom. The van der Waals surface area contributed by atoms with Crippen LogP contribution < -0.4 is 4.90 Å². The number of pyridine rings is 1. The highest BCUT2D eigenvalue weighted by molar-refractivity contribution is 5.93. The number of aromatic amines is 1. The van der Waals surface area contributed by atoms with E-state index in [0.717, 1.165) is 5.82 Å². The third-order valence-electron chi connectivity index (χ3n) is 2.65. The summed E-state index contributed by atoms with van der Waals surface area (Å²) in [5.41, 5.74) is 0.549. The molecule has 0 aromatic carbocycles. The number of rotatable bonds is 4. The van der Waals surface area contributed by atoms with E-state index >= 15 is 0 Å². The van der Waals surface area contributed by atoms with Crippen molar-refractivity contribution >= 4 is 11.7 Å². The molecule has 100 valence electrons. The zero-order chi connectivity index (χ0) is 13.8. The summed E-state index contributed by atoms with van der Waals surface area (Å²) in [5, 5.41) is 6.47. The molecule has 0 radical (unpaired) electrons. The SMILES string of the molecule is CN(Cc1ncn[nH]1)C(=O)c1ccc(N(C)C)nc1. The second kappa shape index (κ2) is 5.47. The zero-order valence-electron chi connectivity index (χ0n) is 11.2. The highest BCUT2D eigenvalue weighted by atomic mass is 16.2. The largest absolute Gasteiger partial charge is 0.363 e. The second-order valence-corrected chi connectivity index (χ2v) is 4.39. The first kappa shape index (κ1) is 13.0. The van der Waals surface area contributed by atoms with Gasteiger partial charge in [-0.3, -0.25) is 9.89 Å². The van der Waals surface area contributed by atoms with Crippen LogP contribution in [0.25, 0.3) is 0 Å². The first-order valence-corrected chi connectivity index (χ1v) is 5.81. The van der Waals surface area contributed by atoms with E-state index in [-0.39, 0.29) is 5.91 Å². The van der Waals surface area contributed by atoms with Crippen molar-refractivity contribution in [3.63, 3.8) is 0 Å². The van der Waals surface area contributed by atoms with Crippen LogP contribution in [0, 0.1) is 0 Å². The maximum absolute atomic E-state index is 12.2. The van der Waals surface area contributed by atoms with E-state index in [0.29, 0.717) is 17.9 Å². The van der Waals surface area contributed by atoms with Crippen molar-refractivity contribution in [2.24, 2.45) is 0 Å². The van der Waals surface area contributed by atoms with Crippen molar-refractivity contribution in [3.05, 3.63) is 36.0 Å². The summed E-state index contributed by atoms with van der Waals surface area (Å²) in [5.74, 6) is 1.36. The average Bonchev–Trinajstić information content (AvgIpc) is 2.90. The van der Waals surface area contributed by atoms with Gasteiger partial charge in [-0.05, 0) is 12.1 Å². The van der Waals surface area contributed by atoms with Crippen LogP contribution in [-0.4, -0.2) is 52.1 Å². The summed E-state index contributed by atoms with van der Waals surface area (Å²) < 4.78 is 0. The van der Waals surface area contributed by atoms with Gasteiger partial charge in [0.2, 0.25) is 0 Å². The monoisotopic (exact) mass is 260 g/mol. The van der Waals surface area contributed by atoms with Gasteiger partial charge in [0.05, 0.1) is 12.1 Å². The minimum Gasteiger partial charge on any atom is -0.363 e. The highest BCUT2D eigenvalue weighted by Crippen LogP contribution is 2.10. The lowest BCUT2D eigenvalue weighted by Gasteiger charge is -2.16. The van der Waals surface area contributed by atoms with E-state index < -0.39 is 0 Å². The molecule has 0 fully saturated rings. The number of anilines is 1. The number of aromatic nitrogens is 4. The van der Waals surface area contributed by atoms with Gasteiger partial charge in [0.15, 0.2) is 0 Å². The molecule has 0 saturated heterocycles. The first-order chi connectivity index (χ1) is 9.08. The molecule has 2 aromatic heterocycles. The van der Waals surface area contributed by atoms with Gasteiger partial charge in [0, 0.05) is 27.3 Å². The van der Waals surface area contributed by atoms with E-state index in [2.05, 4.69) is 20.2 Å². The average molecular weight is 260 g/mol. The van der Waals surface area contributed by atoms with Crippen molar-refractivity contribution in [2.75, 3.05) is 26.0 Å². The van der Waals surface area contributed by atoms with Crippen LogP contribution in [0.15, 0.2) is 24.7 Å². The summed E-state index contributed by atoms with van der Waals surface area (Å²) in [6.45, 7) is 0.383. The van der Waals surface area contributed by atoms with Gasteiger partial charge in [-0.2, -0.15) is 5.10 Å². The Hall–Kier alpha value is -2.44. The highest BCUT2D eigenvalue weighted by Gasteiger charge is 2.13. The molecule has 1 amide bonds. The van der Waals surface area contributed by atoms with Crippen molar-refractivity contribution in [1.29, 1.82) is 0 Å². The Labute approximate surface area is 111 Å². The van der Waals surface area contributed by atoms with Gasteiger partial charge in [-0.25, -0.2) is 9.97 Å². The number of carbonyl (C=O) groups excluding carboxylic acids is 1. The topological polar surface area (TPSA) is 78.0 Å². The molecule has 7 heteroatoms. The van der Waals surface area contributed by atoms with Crippen molar-refractivity contribution < 1.29 is 4.79 Å². The van der Waals surface area contributed by atoms with Crippen LogP contribution in [-0.2, 0) is 6.54 Å². The summed E-state index contributed by atoms with van der Waals surface area (Å²) in [6.07, 6.45) is 3.00. The number of nitrogens with one attached hydrogen (secondary N) is 1. The zero-order valence-corrected chi connectivity index (χ0v) is 11.2. The van der Waals surface area contributed by atoms with E-state index in [1.165, 1.54) is 6.33 Å². The molecular weight excluding hydrogens is 244 g/mol. The smallest absolute Gasteiger partial charge is 0.255 e. The Kier molecular flexibility index (Phi) is 3.74. The minimum absolute atomic E-state index is 0.103. The van der Waals surface area contributed by atoms with Crippen LogP contribution in [0.5, 0.6) is 0 Å². The molecular formula is C12H16N6O. The molecule has 0 bridgehead atoms. The quantitative estimate of drug-likeness (QED) is 0.868. The van der Waals surface area contributed by atoms with E-state index in [4.69, 9.17) is 0 Å². The maximum Gasteiger partial charge on any atom is 0.255 e. The second-order valence-electron chi connectivity index (χ2n) is 4.39. The molecule has 0 aliphatic rings. The maximum atomic E-state index is 12.2. The van der Waals surface area contributed by atoms with Crippen molar-refractivity contribution in [3.8, 4) is 0 Å². The van der Waals surface area contributed by atoms with Gasteiger partial charge in [-0.1, -0.05) is 0 Å². The van der Waals surface area contributed by atoms with Crippen molar-refractivity contribution in [2.45, 2.75) is 6.54 Å². The lowest BCUT2D eigenvalue weighted by Crippen LogP contribution is -2.27. The molecule has 0 atom stereocenters. The molecule has 1 N–H and O–H groups in total. The Morgan fingerprint density at radius 1 is 1.26 bits per heavy atom. The lowest BCUT2D eigenvalue weighted by atomic mass is 10.2. The lowest BCUT2D eigenvalue weighted by molar-refractivity contribution is 0.0781. The molecule has 7 nitrogen and oxygen atoms in total. The summed E-state index contributed by atoms with van der Waals surface area (Å²) in [6, 6.07) is 3.58. The Bertz CT molecular complexity index is 534. The number of hydrogen-bond acceptors (Lipinski definition) is 5. The van der Waals surface area contributed by atoms with Crippen LogP contribution in [0.2, 0.25) is 0 Å². The number of amides is 1. The minimum atomic E-state index is -0.103. The van der Waals surface area contributed by atoms with Gasteiger partial charge in [0.1, 0.15) is 18.0 Å². The van der Waals surface area contributed by atoms with Gasteiger partial charge in [-0.15, -0.1) is 0 Å². The van der Waals surface area contributed by atoms with Crippen LogP contribution in [0.3, 0.4) is 0 Å². The number of nitrogens with zero attached hydrogens (tertiary/aromatic N) is 5. The van der Waals surface area contributed by atoms with Crippen LogP contribution in [0.1, 0.15) is 16.2 Å². The number of carbonyl (C=O) groups is 1. The predicted molar refractivity (Wildman–Crippen MR) is 70.7 cm³/mol. The van der Waals surface area contributed by atoms with E-state index in [9.17, 15) is 4.79 Å². The molecule has 19 heavy (non-hydrogen) atoms. The number of H-pyrrole nitrogens is 1. The molecule has 0 saturated carbocycles. The van der Waals surface area contributed by atoms with Gasteiger partial charge >= 0.3 is 0 Å². The third-order valence-corrected chi connectivity index (χ3v) is 2.65. The fourth-order valence-electron chi connectivity index (χ4n) is 1.60. The predicted octanol–water partition coefficient (Wildman–Crippen LogP) is 0.538. The Balaban J connectivity index is 2.06. The van der Waals surface area contributed by atoms with Crippen LogP contribution in [0.4, 0.5) is 5.82 Å². The molecule has 0 unspecified atom stereocenters. The summed E-state index contributed by atoms with van der Waals surface area (Å²) in [4.78, 5) is 23.8. The van der Waals surface area contributed by atoms with Crippen molar-refractivity contribution in [1.82, 2.24) is 25.1 Å². The van der Waals surface area contributed by atoms with Gasteiger partial charge < -0.3 is 9.80 Å². The van der Waals surface area contributed by atoms with E-state index in [1.54, 1.807) is 24.2 Å². The van der Waals surface area contributed by atoms with E-state index in [1.807, 2.05) is 25.1 Å². The molecule has 0 aliphatic carbocycles. The normalized spacial score (nSPS) is 10.3. The molecule has 2 aromatic rings. The van der Waals surface area contributed by atoms with Crippen LogP contribution >= 0.6 is 0 Å². The molecule has 0 spiro atoms. The summed E-state index contributed by atoms with van der Waals surface area (Å²) >= 11 is 0. The molecule has 2 heterocycles. The standard InChI is InChI=1S/C12H16N6O/c1-17(2)11-5-4-9(6-13-11)12(19)18(3)7-10-14-8-15-16-10/h4-6,8H,7H2,1-3H3,(H,14,15,16). The first-order valence-electron chi connectivity index (χ1n) is 5.81. The molecule has 0 aliphatic heterocycles. The molecule has 2 rings (SSSR count). The fraction of sp³-hybridized carbons (Fsp3) is 0.333. The third kappa shape index (κ3) is 3.06. The number of hydrogen-bond donors (Lipinski definition) is 1. The summed E-state index contributed by atoms with van der Waals surface area (Å²) in [7, 11) is 5.52.